The first-order valence-corrected chi connectivity index (χ1v) is 25.1. The number of nitrogens with zero attached hydrogens (tertiary/aromatic N) is 1. The van der Waals surface area contributed by atoms with Crippen LogP contribution in [0.4, 0.5) is 17.1 Å². The summed E-state index contributed by atoms with van der Waals surface area (Å²) in [5, 5.41) is 2.62. The average molecular weight is 906 g/mol. The van der Waals surface area contributed by atoms with E-state index in [1.807, 2.05) is 11.3 Å². The molecule has 0 fully saturated rings. The van der Waals surface area contributed by atoms with E-state index in [2.05, 4.69) is 266 Å². The Morgan fingerprint density at radius 2 is 0.714 bits per heavy atom. The molecular weight excluding hydrogens is 863 g/mol. The van der Waals surface area contributed by atoms with E-state index in [0.717, 1.165) is 17.1 Å². The van der Waals surface area contributed by atoms with Crippen molar-refractivity contribution in [2.45, 2.75) is 10.8 Å². The second-order valence-electron chi connectivity index (χ2n) is 19.1. The van der Waals surface area contributed by atoms with Crippen molar-refractivity contribution in [2.24, 2.45) is 0 Å². The van der Waals surface area contributed by atoms with E-state index in [9.17, 15) is 0 Å². The molecular formula is C68H43NS. The minimum atomic E-state index is -0.484. The summed E-state index contributed by atoms with van der Waals surface area (Å²) in [5.41, 5.74) is 23.1. The molecule has 0 unspecified atom stereocenters. The summed E-state index contributed by atoms with van der Waals surface area (Å²) in [7, 11) is 0. The molecule has 0 amide bonds. The molecule has 1 aromatic heterocycles. The number of thiophene rings is 1. The zero-order valence-electron chi connectivity index (χ0n) is 38.2. The summed E-state index contributed by atoms with van der Waals surface area (Å²) in [6.07, 6.45) is 0. The first-order valence-electron chi connectivity index (χ1n) is 24.3. The fraction of sp³-hybridized carbons (Fsp3) is 0.0294. The standard InChI is InChI=1S/C68H43NS/c1-2-18-46(19-3-1)67(59-27-10-4-21-51(59)52-22-5-11-28-60(52)67)47-34-36-48(37-35-47)69(49-20-16-17-44(41-49)45-33-40-66-58(42-45)56-26-9-15-32-65(56)70-66)50-38-39-64-57(43-50)55-25-8-14-31-63(55)68(64)61-29-12-6-23-53(61)54-24-7-13-30-62(54)68/h1-43H. The van der Waals surface area contributed by atoms with Gasteiger partial charge < -0.3 is 4.90 Å². The molecule has 326 valence electrons. The molecule has 0 saturated carbocycles. The Bertz CT molecular complexity index is 3990. The van der Waals surface area contributed by atoms with Crippen LogP contribution in [0.15, 0.2) is 261 Å². The smallest absolute Gasteiger partial charge is 0.0725 e. The molecule has 1 spiro atoms. The van der Waals surface area contributed by atoms with Crippen molar-refractivity contribution < 1.29 is 0 Å². The van der Waals surface area contributed by atoms with E-state index in [1.54, 1.807) is 0 Å². The van der Waals surface area contributed by atoms with Gasteiger partial charge in [0.25, 0.3) is 0 Å². The molecule has 0 bridgehead atoms. The van der Waals surface area contributed by atoms with Crippen molar-refractivity contribution in [2.75, 3.05) is 4.90 Å². The largest absolute Gasteiger partial charge is 0.310 e. The summed E-state index contributed by atoms with van der Waals surface area (Å²) < 4.78 is 2.63. The number of benzene rings is 11. The fourth-order valence-electron chi connectivity index (χ4n) is 13.0. The fourth-order valence-corrected chi connectivity index (χ4v) is 14.1. The van der Waals surface area contributed by atoms with Crippen molar-refractivity contribution in [3.05, 3.63) is 305 Å². The van der Waals surface area contributed by atoms with Gasteiger partial charge in [0.2, 0.25) is 0 Å². The maximum absolute atomic E-state index is 2.47. The lowest BCUT2D eigenvalue weighted by Gasteiger charge is -2.34. The highest BCUT2D eigenvalue weighted by Crippen LogP contribution is 2.63. The summed E-state index contributed by atoms with van der Waals surface area (Å²) in [5.74, 6) is 0. The van der Waals surface area contributed by atoms with Crippen LogP contribution in [-0.4, -0.2) is 0 Å². The lowest BCUT2D eigenvalue weighted by Crippen LogP contribution is -2.28. The van der Waals surface area contributed by atoms with Crippen LogP contribution >= 0.6 is 11.3 Å². The zero-order valence-corrected chi connectivity index (χ0v) is 39.0. The zero-order chi connectivity index (χ0) is 46.0. The number of fused-ring (bicyclic) bond motifs is 16. The van der Waals surface area contributed by atoms with Gasteiger partial charge in [0.1, 0.15) is 0 Å². The lowest BCUT2D eigenvalue weighted by atomic mass is 9.68. The molecule has 0 aliphatic heterocycles. The Hall–Kier alpha value is -8.56. The Labute approximate surface area is 411 Å². The van der Waals surface area contributed by atoms with Gasteiger partial charge in [-0.15, -0.1) is 11.3 Å². The topological polar surface area (TPSA) is 3.24 Å². The second-order valence-corrected chi connectivity index (χ2v) is 20.1. The van der Waals surface area contributed by atoms with Gasteiger partial charge in [-0.25, -0.2) is 0 Å². The Morgan fingerprint density at radius 1 is 0.257 bits per heavy atom. The van der Waals surface area contributed by atoms with E-state index < -0.39 is 10.8 Å². The van der Waals surface area contributed by atoms with Crippen LogP contribution in [0.1, 0.15) is 44.5 Å². The summed E-state index contributed by atoms with van der Waals surface area (Å²) >= 11 is 1.87. The molecule has 0 atom stereocenters. The molecule has 0 saturated heterocycles. The van der Waals surface area contributed by atoms with Crippen molar-refractivity contribution >= 4 is 48.6 Å². The van der Waals surface area contributed by atoms with Gasteiger partial charge in [0, 0.05) is 37.2 Å². The predicted octanol–water partition coefficient (Wildman–Crippen LogP) is 17.9. The predicted molar refractivity (Wildman–Crippen MR) is 293 cm³/mol. The quantitative estimate of drug-likeness (QED) is 0.161. The van der Waals surface area contributed by atoms with Crippen LogP contribution in [0.5, 0.6) is 0 Å². The molecule has 11 aromatic carbocycles. The van der Waals surface area contributed by atoms with Crippen LogP contribution in [-0.2, 0) is 10.8 Å². The first kappa shape index (κ1) is 39.4. The van der Waals surface area contributed by atoms with Gasteiger partial charge in [0.15, 0.2) is 0 Å². The SMILES string of the molecule is c1ccc(C2(c3ccc(N(c4cccc(-c5ccc6sc7ccccc7c6c5)c4)c4ccc5c(c4)-c4ccccc4C54c5ccccc5-c5ccccc54)cc3)c3ccccc3-c3ccccc32)cc1. The Kier molecular flexibility index (Phi) is 8.43. The average Bonchev–Trinajstić information content (AvgIpc) is 4.15. The van der Waals surface area contributed by atoms with E-state index >= 15 is 0 Å². The third-order valence-corrected chi connectivity index (χ3v) is 16.9. The van der Waals surface area contributed by atoms with Gasteiger partial charge in [0.05, 0.1) is 10.8 Å². The summed E-state index contributed by atoms with van der Waals surface area (Å²) in [4.78, 5) is 2.47. The van der Waals surface area contributed by atoms with Gasteiger partial charge in [-0.05, 0) is 144 Å². The maximum Gasteiger partial charge on any atom is 0.0725 e. The molecule has 3 aliphatic carbocycles. The van der Waals surface area contributed by atoms with Crippen LogP contribution in [0.3, 0.4) is 0 Å². The van der Waals surface area contributed by atoms with E-state index in [-0.39, 0.29) is 0 Å². The monoisotopic (exact) mass is 905 g/mol. The van der Waals surface area contributed by atoms with Crippen molar-refractivity contribution in [3.63, 3.8) is 0 Å². The molecule has 3 aliphatic rings. The first-order chi connectivity index (χ1) is 34.7. The van der Waals surface area contributed by atoms with Crippen LogP contribution < -0.4 is 4.90 Å². The molecule has 0 radical (unpaired) electrons. The van der Waals surface area contributed by atoms with E-state index in [4.69, 9.17) is 0 Å². The van der Waals surface area contributed by atoms with Gasteiger partial charge in [-0.2, -0.15) is 0 Å². The molecule has 0 N–H and O–H groups in total. The minimum Gasteiger partial charge on any atom is -0.310 e. The minimum absolute atomic E-state index is 0.409. The lowest BCUT2D eigenvalue weighted by molar-refractivity contribution is 0.768. The van der Waals surface area contributed by atoms with Gasteiger partial charge in [-0.1, -0.05) is 206 Å². The van der Waals surface area contributed by atoms with Crippen LogP contribution in [0, 0.1) is 0 Å². The number of hydrogen-bond donors (Lipinski definition) is 0. The molecule has 15 rings (SSSR count). The third kappa shape index (κ3) is 5.31. The maximum atomic E-state index is 2.47. The summed E-state index contributed by atoms with van der Waals surface area (Å²) in [6.45, 7) is 0. The number of rotatable bonds is 6. The highest BCUT2D eigenvalue weighted by atomic mass is 32.1. The summed E-state index contributed by atoms with van der Waals surface area (Å²) in [6, 6.07) is 98.0. The Morgan fingerprint density at radius 3 is 1.34 bits per heavy atom. The molecule has 2 heteroatoms. The van der Waals surface area contributed by atoms with Gasteiger partial charge in [-0.3, -0.25) is 0 Å². The third-order valence-electron chi connectivity index (χ3n) is 15.8. The molecule has 1 heterocycles. The number of anilines is 3. The number of hydrogen-bond acceptors (Lipinski definition) is 2. The second kappa shape index (κ2) is 15.0. The highest BCUT2D eigenvalue weighted by molar-refractivity contribution is 7.25. The van der Waals surface area contributed by atoms with Crippen molar-refractivity contribution in [1.82, 2.24) is 0 Å². The Balaban J connectivity index is 0.939. The molecule has 70 heavy (non-hydrogen) atoms. The van der Waals surface area contributed by atoms with E-state index in [0.29, 0.717) is 0 Å². The van der Waals surface area contributed by atoms with Gasteiger partial charge >= 0.3 is 0 Å². The van der Waals surface area contributed by atoms with Crippen LogP contribution in [0.25, 0.3) is 64.7 Å². The molecule has 12 aromatic rings. The van der Waals surface area contributed by atoms with Crippen LogP contribution in [0.2, 0.25) is 0 Å². The van der Waals surface area contributed by atoms with Crippen molar-refractivity contribution in [1.29, 1.82) is 0 Å². The normalized spacial score (nSPS) is 13.9. The van der Waals surface area contributed by atoms with E-state index in [1.165, 1.54) is 109 Å². The molecule has 1 nitrogen and oxygen atoms in total. The van der Waals surface area contributed by atoms with Crippen molar-refractivity contribution in [3.8, 4) is 44.5 Å². The highest BCUT2D eigenvalue weighted by Gasteiger charge is 2.52.